The van der Waals surface area contributed by atoms with Crippen molar-refractivity contribution in [2.75, 3.05) is 13.7 Å². The molecule has 2 aliphatic rings. The minimum Gasteiger partial charge on any atom is -0.381 e. The summed E-state index contributed by atoms with van der Waals surface area (Å²) in [5.41, 5.74) is 1.68. The molecule has 0 aromatic carbocycles. The van der Waals surface area contributed by atoms with Gasteiger partial charge in [-0.05, 0) is 64.3 Å². The van der Waals surface area contributed by atoms with Crippen molar-refractivity contribution in [3.05, 3.63) is 11.6 Å². The van der Waals surface area contributed by atoms with Crippen LogP contribution in [0.25, 0.3) is 0 Å². The van der Waals surface area contributed by atoms with E-state index in [9.17, 15) is 0 Å². The molecule has 2 nitrogen and oxygen atoms in total. The fourth-order valence-corrected chi connectivity index (χ4v) is 3.11. The van der Waals surface area contributed by atoms with Crippen LogP contribution in [-0.2, 0) is 4.74 Å². The highest BCUT2D eigenvalue weighted by Gasteiger charge is 2.20. The molecule has 2 heteroatoms. The van der Waals surface area contributed by atoms with E-state index in [1.54, 1.807) is 5.57 Å². The summed E-state index contributed by atoms with van der Waals surface area (Å²) >= 11 is 0. The Morgan fingerprint density at radius 3 is 3.00 bits per heavy atom. The van der Waals surface area contributed by atoms with Gasteiger partial charge in [0.05, 0.1) is 6.10 Å². The summed E-state index contributed by atoms with van der Waals surface area (Å²) in [6, 6.07) is 0.692. The van der Waals surface area contributed by atoms with Crippen molar-refractivity contribution in [3.8, 4) is 0 Å². The van der Waals surface area contributed by atoms with Crippen LogP contribution in [0.3, 0.4) is 0 Å². The first-order chi connectivity index (χ1) is 8.38. The van der Waals surface area contributed by atoms with Crippen LogP contribution in [0.2, 0.25) is 0 Å². The van der Waals surface area contributed by atoms with Crippen LogP contribution >= 0.6 is 0 Å². The Morgan fingerprint density at radius 1 is 1.29 bits per heavy atom. The van der Waals surface area contributed by atoms with E-state index in [1.165, 1.54) is 57.8 Å². The molecule has 0 aliphatic heterocycles. The van der Waals surface area contributed by atoms with Crippen molar-refractivity contribution in [2.45, 2.75) is 69.9 Å². The number of hydrogen-bond donors (Lipinski definition) is 1. The number of rotatable bonds is 5. The highest BCUT2D eigenvalue weighted by molar-refractivity contribution is 5.05. The van der Waals surface area contributed by atoms with Crippen LogP contribution in [0.5, 0.6) is 0 Å². The van der Waals surface area contributed by atoms with Crippen LogP contribution in [0.4, 0.5) is 0 Å². The fraction of sp³-hybridized carbons (Fsp3) is 0.867. The minimum atomic E-state index is 0.496. The maximum absolute atomic E-state index is 5.47. The molecule has 0 radical (unpaired) electrons. The molecule has 0 spiro atoms. The normalized spacial score (nSPS) is 30.1. The first-order valence-corrected chi connectivity index (χ1v) is 7.32. The Morgan fingerprint density at radius 2 is 2.24 bits per heavy atom. The molecule has 2 atom stereocenters. The third kappa shape index (κ3) is 4.44. The largest absolute Gasteiger partial charge is 0.381 e. The Hall–Kier alpha value is -0.340. The lowest BCUT2D eigenvalue weighted by Crippen LogP contribution is -2.37. The van der Waals surface area contributed by atoms with Gasteiger partial charge in [-0.3, -0.25) is 0 Å². The van der Waals surface area contributed by atoms with Gasteiger partial charge in [0.25, 0.3) is 0 Å². The number of methoxy groups -OCH3 is 1. The third-order valence-electron chi connectivity index (χ3n) is 4.22. The number of nitrogens with one attached hydrogen (secondary N) is 1. The Balaban J connectivity index is 1.62. The lowest BCUT2D eigenvalue weighted by molar-refractivity contribution is 0.0590. The van der Waals surface area contributed by atoms with Crippen LogP contribution in [0, 0.1) is 0 Å². The molecule has 2 rings (SSSR count). The summed E-state index contributed by atoms with van der Waals surface area (Å²) in [4.78, 5) is 0. The van der Waals surface area contributed by atoms with Crippen molar-refractivity contribution in [1.29, 1.82) is 0 Å². The summed E-state index contributed by atoms with van der Waals surface area (Å²) in [5.74, 6) is 0. The number of hydrogen-bond acceptors (Lipinski definition) is 2. The van der Waals surface area contributed by atoms with Gasteiger partial charge < -0.3 is 10.1 Å². The van der Waals surface area contributed by atoms with Gasteiger partial charge in [0, 0.05) is 13.2 Å². The molecule has 98 valence electrons. The predicted octanol–water partition coefficient (Wildman–Crippen LogP) is 3.42. The van der Waals surface area contributed by atoms with E-state index in [0.29, 0.717) is 12.1 Å². The average molecular weight is 237 g/mol. The summed E-state index contributed by atoms with van der Waals surface area (Å²) in [6.07, 6.45) is 14.8. The molecule has 0 bridgehead atoms. The quantitative estimate of drug-likeness (QED) is 0.740. The van der Waals surface area contributed by atoms with Gasteiger partial charge in [-0.25, -0.2) is 0 Å². The topological polar surface area (TPSA) is 21.3 Å². The Labute approximate surface area is 106 Å². The molecule has 0 aromatic rings. The smallest absolute Gasteiger partial charge is 0.0586 e. The first-order valence-electron chi connectivity index (χ1n) is 7.32. The number of allylic oxidation sites excluding steroid dienone is 1. The van der Waals surface area contributed by atoms with Crippen molar-refractivity contribution >= 4 is 0 Å². The second-order valence-electron chi connectivity index (χ2n) is 5.53. The molecule has 0 heterocycles. The highest BCUT2D eigenvalue weighted by atomic mass is 16.5. The summed E-state index contributed by atoms with van der Waals surface area (Å²) < 4.78 is 5.47. The van der Waals surface area contributed by atoms with E-state index in [4.69, 9.17) is 4.74 Å². The molecule has 17 heavy (non-hydrogen) atoms. The molecule has 0 amide bonds. The summed E-state index contributed by atoms with van der Waals surface area (Å²) in [5, 5.41) is 3.71. The summed E-state index contributed by atoms with van der Waals surface area (Å²) in [7, 11) is 1.85. The third-order valence-corrected chi connectivity index (χ3v) is 4.22. The van der Waals surface area contributed by atoms with E-state index < -0.39 is 0 Å². The van der Waals surface area contributed by atoms with Crippen molar-refractivity contribution in [1.82, 2.24) is 5.32 Å². The van der Waals surface area contributed by atoms with Crippen LogP contribution in [0.1, 0.15) is 57.8 Å². The van der Waals surface area contributed by atoms with E-state index in [1.807, 2.05) is 7.11 Å². The van der Waals surface area contributed by atoms with E-state index in [2.05, 4.69) is 11.4 Å². The molecule has 1 N–H and O–H groups in total. The second-order valence-corrected chi connectivity index (χ2v) is 5.53. The minimum absolute atomic E-state index is 0.496. The summed E-state index contributed by atoms with van der Waals surface area (Å²) in [6.45, 7) is 1.16. The molecular formula is C15H27NO. The average Bonchev–Trinajstić information content (AvgIpc) is 2.40. The van der Waals surface area contributed by atoms with Gasteiger partial charge in [0.1, 0.15) is 0 Å². The highest BCUT2D eigenvalue weighted by Crippen LogP contribution is 2.22. The maximum Gasteiger partial charge on any atom is 0.0586 e. The van der Waals surface area contributed by atoms with E-state index in [0.717, 1.165) is 6.54 Å². The molecule has 1 saturated carbocycles. The first kappa shape index (κ1) is 13.1. The van der Waals surface area contributed by atoms with Gasteiger partial charge in [-0.1, -0.05) is 11.6 Å². The zero-order valence-electron chi connectivity index (χ0n) is 11.2. The molecular weight excluding hydrogens is 210 g/mol. The fourth-order valence-electron chi connectivity index (χ4n) is 3.11. The van der Waals surface area contributed by atoms with Gasteiger partial charge in [-0.15, -0.1) is 0 Å². The Kier molecular flexibility index (Phi) is 5.53. The van der Waals surface area contributed by atoms with Crippen molar-refractivity contribution in [3.63, 3.8) is 0 Å². The monoisotopic (exact) mass is 237 g/mol. The number of ether oxygens (including phenoxy) is 1. The van der Waals surface area contributed by atoms with Crippen molar-refractivity contribution in [2.24, 2.45) is 0 Å². The van der Waals surface area contributed by atoms with Crippen LogP contribution in [-0.4, -0.2) is 25.8 Å². The second kappa shape index (κ2) is 7.17. The molecule has 2 aliphatic carbocycles. The SMILES string of the molecule is COC1CCCC(NCCC2=CCCCC2)C1. The van der Waals surface area contributed by atoms with Crippen LogP contribution < -0.4 is 5.32 Å². The standard InChI is InChI=1S/C15H27NO/c1-17-15-9-5-8-14(12-15)16-11-10-13-6-3-2-4-7-13/h6,14-16H,2-5,7-12H2,1H3. The maximum atomic E-state index is 5.47. The van der Waals surface area contributed by atoms with E-state index >= 15 is 0 Å². The lowest BCUT2D eigenvalue weighted by Gasteiger charge is -2.29. The molecule has 1 fully saturated rings. The lowest BCUT2D eigenvalue weighted by atomic mass is 9.92. The zero-order chi connectivity index (χ0) is 11.9. The predicted molar refractivity (Wildman–Crippen MR) is 72.2 cm³/mol. The molecule has 0 saturated heterocycles. The zero-order valence-corrected chi connectivity index (χ0v) is 11.2. The van der Waals surface area contributed by atoms with Gasteiger partial charge in [-0.2, -0.15) is 0 Å². The van der Waals surface area contributed by atoms with E-state index in [-0.39, 0.29) is 0 Å². The van der Waals surface area contributed by atoms with Crippen molar-refractivity contribution < 1.29 is 4.74 Å². The van der Waals surface area contributed by atoms with Gasteiger partial charge in [0.15, 0.2) is 0 Å². The molecule has 0 aromatic heterocycles. The van der Waals surface area contributed by atoms with Crippen LogP contribution in [0.15, 0.2) is 11.6 Å². The molecule has 2 unspecified atom stereocenters. The Bertz CT molecular complexity index is 249. The van der Waals surface area contributed by atoms with Gasteiger partial charge >= 0.3 is 0 Å². The van der Waals surface area contributed by atoms with Gasteiger partial charge in [0.2, 0.25) is 0 Å².